The van der Waals surface area contributed by atoms with Gasteiger partial charge in [0.1, 0.15) is 0 Å². The smallest absolute Gasteiger partial charge is 0.0626 e. The first-order valence-electron chi connectivity index (χ1n) is 7.34. The van der Waals surface area contributed by atoms with Crippen LogP contribution in [0.5, 0.6) is 0 Å². The molecule has 1 rings (SSSR count). The van der Waals surface area contributed by atoms with Crippen LogP contribution in [-0.4, -0.2) is 17.8 Å². The summed E-state index contributed by atoms with van der Waals surface area (Å²) in [6.07, 6.45) is 7.79. The Morgan fingerprint density at radius 2 is 2.00 bits per heavy atom. The van der Waals surface area contributed by atoms with Crippen LogP contribution in [0.4, 0.5) is 0 Å². The Labute approximate surface area is 117 Å². The third-order valence-corrected chi connectivity index (χ3v) is 3.43. The number of unbranched alkanes of at least 4 members (excludes halogenated alkanes) is 2. The van der Waals surface area contributed by atoms with E-state index in [0.29, 0.717) is 6.04 Å². The minimum Gasteiger partial charge on any atom is -0.394 e. The summed E-state index contributed by atoms with van der Waals surface area (Å²) in [4.78, 5) is 0. The monoisotopic (exact) mass is 261 g/mol. The van der Waals surface area contributed by atoms with Crippen molar-refractivity contribution in [1.29, 1.82) is 0 Å². The van der Waals surface area contributed by atoms with E-state index in [-0.39, 0.29) is 12.6 Å². The molecule has 0 saturated carbocycles. The van der Waals surface area contributed by atoms with Crippen molar-refractivity contribution in [3.8, 4) is 0 Å². The Morgan fingerprint density at radius 3 is 2.58 bits per heavy atom. The number of benzene rings is 1. The number of rotatable bonds is 10. The molecule has 0 fully saturated rings. The molecule has 1 aromatic rings. The summed E-state index contributed by atoms with van der Waals surface area (Å²) in [5.41, 5.74) is 1.15. The highest BCUT2D eigenvalue weighted by atomic mass is 16.3. The van der Waals surface area contributed by atoms with Crippen molar-refractivity contribution in [1.82, 2.24) is 5.32 Å². The van der Waals surface area contributed by atoms with Gasteiger partial charge in [-0.05, 0) is 18.4 Å². The molecule has 0 aromatic heterocycles. The van der Waals surface area contributed by atoms with Gasteiger partial charge >= 0.3 is 0 Å². The molecule has 0 radical (unpaired) electrons. The van der Waals surface area contributed by atoms with Gasteiger partial charge in [-0.15, -0.1) is 6.58 Å². The van der Waals surface area contributed by atoms with Crippen molar-refractivity contribution in [2.45, 2.75) is 51.1 Å². The molecule has 19 heavy (non-hydrogen) atoms. The summed E-state index contributed by atoms with van der Waals surface area (Å²) in [6.45, 7) is 6.18. The van der Waals surface area contributed by atoms with Gasteiger partial charge in [-0.25, -0.2) is 0 Å². The molecule has 106 valence electrons. The first-order valence-corrected chi connectivity index (χ1v) is 7.34. The lowest BCUT2D eigenvalue weighted by Crippen LogP contribution is -2.34. The van der Waals surface area contributed by atoms with Gasteiger partial charge in [0.25, 0.3) is 0 Å². The van der Waals surface area contributed by atoms with Crippen LogP contribution in [-0.2, 0) is 0 Å². The minimum absolute atomic E-state index is 0.0211. The molecule has 0 saturated heterocycles. The van der Waals surface area contributed by atoms with Gasteiger partial charge in [0.2, 0.25) is 0 Å². The Hall–Kier alpha value is -1.12. The average molecular weight is 261 g/mol. The van der Waals surface area contributed by atoms with E-state index >= 15 is 0 Å². The van der Waals surface area contributed by atoms with Crippen LogP contribution in [0.1, 0.15) is 50.6 Å². The number of aliphatic hydroxyl groups excluding tert-OH is 1. The highest BCUT2D eigenvalue weighted by Gasteiger charge is 2.14. The molecule has 1 aromatic carbocycles. The molecule has 0 aliphatic heterocycles. The molecular weight excluding hydrogens is 234 g/mol. The fourth-order valence-corrected chi connectivity index (χ4v) is 2.34. The molecule has 2 nitrogen and oxygen atoms in total. The normalized spacial score (nSPS) is 14.0. The summed E-state index contributed by atoms with van der Waals surface area (Å²) in [6, 6.07) is 10.6. The fraction of sp³-hybridized carbons (Fsp3) is 0.529. The lowest BCUT2D eigenvalue weighted by Gasteiger charge is -2.24. The van der Waals surface area contributed by atoms with E-state index in [9.17, 15) is 5.11 Å². The molecule has 0 bridgehead atoms. The van der Waals surface area contributed by atoms with Crippen molar-refractivity contribution in [2.24, 2.45) is 0 Å². The van der Waals surface area contributed by atoms with Gasteiger partial charge in [0.15, 0.2) is 0 Å². The van der Waals surface area contributed by atoms with Crippen molar-refractivity contribution in [3.05, 3.63) is 48.6 Å². The first kappa shape index (κ1) is 15.9. The zero-order valence-corrected chi connectivity index (χ0v) is 12.0. The molecule has 0 aliphatic rings. The van der Waals surface area contributed by atoms with Crippen molar-refractivity contribution >= 4 is 0 Å². The van der Waals surface area contributed by atoms with Gasteiger partial charge in [0.05, 0.1) is 12.6 Å². The van der Waals surface area contributed by atoms with E-state index < -0.39 is 0 Å². The number of aliphatic hydroxyl groups is 1. The second kappa shape index (κ2) is 9.76. The van der Waals surface area contributed by atoms with Crippen LogP contribution in [0, 0.1) is 0 Å². The first-order chi connectivity index (χ1) is 9.31. The van der Waals surface area contributed by atoms with Crippen molar-refractivity contribution in [2.75, 3.05) is 6.61 Å². The van der Waals surface area contributed by atoms with Crippen molar-refractivity contribution in [3.63, 3.8) is 0 Å². The van der Waals surface area contributed by atoms with E-state index in [0.717, 1.165) is 18.4 Å². The summed E-state index contributed by atoms with van der Waals surface area (Å²) in [5, 5.41) is 13.1. The highest BCUT2D eigenvalue weighted by Crippen LogP contribution is 2.16. The zero-order chi connectivity index (χ0) is 13.9. The lowest BCUT2D eigenvalue weighted by molar-refractivity contribution is 0.229. The maximum absolute atomic E-state index is 9.58. The Morgan fingerprint density at radius 1 is 1.26 bits per heavy atom. The van der Waals surface area contributed by atoms with Crippen LogP contribution in [0.2, 0.25) is 0 Å². The van der Waals surface area contributed by atoms with Crippen LogP contribution < -0.4 is 5.32 Å². The molecule has 0 unspecified atom stereocenters. The number of nitrogens with one attached hydrogen (secondary N) is 1. The Bertz CT molecular complexity index is 336. The van der Waals surface area contributed by atoms with Crippen LogP contribution >= 0.6 is 0 Å². The molecule has 0 heterocycles. The fourth-order valence-electron chi connectivity index (χ4n) is 2.34. The molecule has 2 N–H and O–H groups in total. The van der Waals surface area contributed by atoms with Gasteiger partial charge in [-0.2, -0.15) is 0 Å². The van der Waals surface area contributed by atoms with Gasteiger partial charge in [-0.1, -0.05) is 62.6 Å². The maximum atomic E-state index is 9.58. The Balaban J connectivity index is 2.56. The van der Waals surface area contributed by atoms with Crippen LogP contribution in [0.15, 0.2) is 43.0 Å². The molecule has 0 amide bonds. The SMILES string of the molecule is C=CC[C@H](CCCCC)N[C@@H](CO)c1ccccc1. The summed E-state index contributed by atoms with van der Waals surface area (Å²) < 4.78 is 0. The summed E-state index contributed by atoms with van der Waals surface area (Å²) in [5.74, 6) is 0. The van der Waals surface area contributed by atoms with E-state index in [2.05, 4.69) is 31.0 Å². The van der Waals surface area contributed by atoms with Crippen LogP contribution in [0.25, 0.3) is 0 Å². The van der Waals surface area contributed by atoms with Gasteiger partial charge < -0.3 is 10.4 Å². The number of hydrogen-bond acceptors (Lipinski definition) is 2. The molecule has 2 heteroatoms. The average Bonchev–Trinajstić information content (AvgIpc) is 2.45. The molecule has 2 atom stereocenters. The van der Waals surface area contributed by atoms with Crippen molar-refractivity contribution < 1.29 is 5.11 Å². The number of hydrogen-bond donors (Lipinski definition) is 2. The topological polar surface area (TPSA) is 32.3 Å². The van der Waals surface area contributed by atoms with E-state index in [1.165, 1.54) is 19.3 Å². The summed E-state index contributed by atoms with van der Waals surface area (Å²) >= 11 is 0. The maximum Gasteiger partial charge on any atom is 0.0626 e. The molecular formula is C17H27NO. The van der Waals surface area contributed by atoms with Crippen LogP contribution in [0.3, 0.4) is 0 Å². The van der Waals surface area contributed by atoms with Gasteiger partial charge in [0, 0.05) is 6.04 Å². The largest absolute Gasteiger partial charge is 0.394 e. The third-order valence-electron chi connectivity index (χ3n) is 3.43. The van der Waals surface area contributed by atoms with E-state index in [1.54, 1.807) is 0 Å². The third kappa shape index (κ3) is 6.04. The molecule has 0 spiro atoms. The summed E-state index contributed by atoms with van der Waals surface area (Å²) in [7, 11) is 0. The van der Waals surface area contributed by atoms with Gasteiger partial charge in [-0.3, -0.25) is 0 Å². The molecule has 0 aliphatic carbocycles. The standard InChI is InChI=1S/C17H27NO/c1-3-5-7-13-16(10-4-2)18-17(14-19)15-11-8-6-9-12-15/h4,6,8-9,11-12,16-19H,2-3,5,7,10,13-14H2,1H3/t16-,17+/m1/s1. The predicted octanol–water partition coefficient (Wildman–Crippen LogP) is 3.83. The lowest BCUT2D eigenvalue weighted by atomic mass is 10.0. The quantitative estimate of drug-likeness (QED) is 0.495. The second-order valence-electron chi connectivity index (χ2n) is 5.03. The minimum atomic E-state index is 0.0211. The van der Waals surface area contributed by atoms with E-state index in [1.807, 2.05) is 24.3 Å². The highest BCUT2D eigenvalue weighted by molar-refractivity contribution is 5.19. The zero-order valence-electron chi connectivity index (χ0n) is 12.0. The van der Waals surface area contributed by atoms with E-state index in [4.69, 9.17) is 0 Å². The predicted molar refractivity (Wildman–Crippen MR) is 82.1 cm³/mol. The second-order valence-corrected chi connectivity index (χ2v) is 5.03. The Kier molecular flexibility index (Phi) is 8.19.